The van der Waals surface area contributed by atoms with Gasteiger partial charge in [0.1, 0.15) is 29.8 Å². The second-order valence-corrected chi connectivity index (χ2v) is 7.54. The first kappa shape index (κ1) is 21.9. The molecule has 0 saturated heterocycles. The van der Waals surface area contributed by atoms with Crippen LogP contribution < -0.4 is 4.74 Å². The quantitative estimate of drug-likeness (QED) is 0.240. The summed E-state index contributed by atoms with van der Waals surface area (Å²) >= 11 is 4.21. The van der Waals surface area contributed by atoms with E-state index in [1.807, 2.05) is 0 Å². The fourth-order valence-electron chi connectivity index (χ4n) is 3.20. The number of hydrogen-bond donors (Lipinski definition) is 1. The van der Waals surface area contributed by atoms with Gasteiger partial charge in [0.05, 0.1) is 5.56 Å². The highest BCUT2D eigenvalue weighted by Gasteiger charge is 2.16. The van der Waals surface area contributed by atoms with Crippen LogP contribution in [0.5, 0.6) is 5.75 Å². The van der Waals surface area contributed by atoms with Gasteiger partial charge in [0, 0.05) is 16.5 Å². The van der Waals surface area contributed by atoms with Crippen LogP contribution >= 0.6 is 12.6 Å². The molecule has 0 amide bonds. The maximum atomic E-state index is 14.8. The summed E-state index contributed by atoms with van der Waals surface area (Å²) in [5.74, 6) is -4.82. The number of benzene rings is 4. The Labute approximate surface area is 186 Å². The van der Waals surface area contributed by atoms with Crippen LogP contribution in [0.1, 0.15) is 5.56 Å². The lowest BCUT2D eigenvalue weighted by Crippen LogP contribution is -2.03. The number of thiol groups is 1. The molecule has 162 valence electrons. The fraction of sp³-hybridized carbons (Fsp3) is 0.0400. The van der Waals surface area contributed by atoms with Crippen molar-refractivity contribution in [1.82, 2.24) is 0 Å². The molecule has 0 aliphatic carbocycles. The van der Waals surface area contributed by atoms with Crippen molar-refractivity contribution in [2.75, 3.05) is 0 Å². The highest BCUT2D eigenvalue weighted by atomic mass is 32.1. The molecule has 0 saturated carbocycles. The summed E-state index contributed by atoms with van der Waals surface area (Å²) in [7, 11) is 0. The van der Waals surface area contributed by atoms with E-state index in [1.165, 1.54) is 12.1 Å². The van der Waals surface area contributed by atoms with E-state index in [0.717, 1.165) is 40.8 Å². The van der Waals surface area contributed by atoms with Gasteiger partial charge in [0.25, 0.3) is 0 Å². The smallest absolute Gasteiger partial charge is 0.162 e. The van der Waals surface area contributed by atoms with Crippen LogP contribution in [0.25, 0.3) is 22.3 Å². The first-order valence-electron chi connectivity index (χ1n) is 9.47. The number of halogens is 5. The molecule has 7 heteroatoms. The molecule has 1 nitrogen and oxygen atoms in total. The Morgan fingerprint density at radius 1 is 0.562 bits per heavy atom. The molecule has 0 fully saturated rings. The van der Waals surface area contributed by atoms with Crippen LogP contribution in [0.2, 0.25) is 0 Å². The van der Waals surface area contributed by atoms with E-state index in [2.05, 4.69) is 12.6 Å². The molecule has 4 rings (SSSR count). The van der Waals surface area contributed by atoms with Crippen molar-refractivity contribution in [3.05, 3.63) is 107 Å². The minimum Gasteiger partial charge on any atom is -0.489 e. The lowest BCUT2D eigenvalue weighted by molar-refractivity contribution is 0.290. The lowest BCUT2D eigenvalue weighted by atomic mass is 9.98. The summed E-state index contributed by atoms with van der Waals surface area (Å²) < 4.78 is 75.3. The zero-order valence-corrected chi connectivity index (χ0v) is 17.3. The average molecular weight is 458 g/mol. The third-order valence-corrected chi connectivity index (χ3v) is 5.19. The van der Waals surface area contributed by atoms with Crippen molar-refractivity contribution in [2.24, 2.45) is 0 Å². The summed E-state index contributed by atoms with van der Waals surface area (Å²) in [6.07, 6.45) is 0. The van der Waals surface area contributed by atoms with Gasteiger partial charge in [-0.05, 0) is 59.2 Å². The van der Waals surface area contributed by atoms with Crippen molar-refractivity contribution in [3.8, 4) is 28.0 Å². The molecule has 0 aliphatic rings. The molecular formula is C25H15F5OS. The topological polar surface area (TPSA) is 9.23 Å². The van der Waals surface area contributed by atoms with E-state index >= 15 is 0 Å². The maximum Gasteiger partial charge on any atom is 0.162 e. The number of hydrogen-bond acceptors (Lipinski definition) is 2. The van der Waals surface area contributed by atoms with E-state index in [4.69, 9.17) is 4.74 Å². The first-order chi connectivity index (χ1) is 15.3. The predicted molar refractivity (Wildman–Crippen MR) is 115 cm³/mol. The van der Waals surface area contributed by atoms with Gasteiger partial charge < -0.3 is 4.74 Å². The molecule has 0 spiro atoms. The van der Waals surface area contributed by atoms with Gasteiger partial charge in [-0.1, -0.05) is 24.3 Å². The molecule has 0 heterocycles. The van der Waals surface area contributed by atoms with Crippen LogP contribution in [-0.2, 0) is 6.61 Å². The minimum absolute atomic E-state index is 0.0198. The Bertz CT molecular complexity index is 1270. The molecule has 4 aromatic carbocycles. The van der Waals surface area contributed by atoms with Gasteiger partial charge in [0.15, 0.2) is 11.6 Å². The first-order valence-corrected chi connectivity index (χ1v) is 9.91. The number of rotatable bonds is 5. The molecule has 4 aromatic rings. The molecule has 0 aromatic heterocycles. The maximum absolute atomic E-state index is 14.8. The summed E-state index contributed by atoms with van der Waals surface area (Å²) in [6.45, 7) is -0.550. The van der Waals surface area contributed by atoms with Crippen molar-refractivity contribution < 1.29 is 26.7 Å². The second kappa shape index (κ2) is 9.04. The molecule has 0 aliphatic heterocycles. The highest BCUT2D eigenvalue weighted by Crippen LogP contribution is 2.31. The Morgan fingerprint density at radius 3 is 1.81 bits per heavy atom. The van der Waals surface area contributed by atoms with Gasteiger partial charge in [0.2, 0.25) is 0 Å². The van der Waals surface area contributed by atoms with Crippen LogP contribution in [0.15, 0.2) is 77.7 Å². The van der Waals surface area contributed by atoms with Gasteiger partial charge in [-0.3, -0.25) is 0 Å². The molecule has 0 unspecified atom stereocenters. The third-order valence-electron chi connectivity index (χ3n) is 4.90. The van der Waals surface area contributed by atoms with Crippen LogP contribution in [0.3, 0.4) is 0 Å². The lowest BCUT2D eigenvalue weighted by Gasteiger charge is -2.12. The Hall–Kier alpha value is -3.32. The largest absolute Gasteiger partial charge is 0.489 e. The molecule has 0 atom stereocenters. The molecular weight excluding hydrogens is 443 g/mol. The van der Waals surface area contributed by atoms with Crippen LogP contribution in [0.4, 0.5) is 22.0 Å². The molecule has 0 radical (unpaired) electrons. The third kappa shape index (κ3) is 4.62. The Balaban J connectivity index is 1.58. The van der Waals surface area contributed by atoms with Crippen molar-refractivity contribution in [2.45, 2.75) is 11.5 Å². The standard InChI is InChI=1S/C25H15F5OS/c26-21-8-4-17(12-25(21)30)31-13-20-23(28)10-16(11-24(20)29)19-7-3-15(9-22(19)27)14-1-5-18(32)6-2-14/h1-12,32H,13H2. The van der Waals surface area contributed by atoms with Gasteiger partial charge in [-0.15, -0.1) is 12.6 Å². The zero-order valence-electron chi connectivity index (χ0n) is 16.4. The molecule has 0 N–H and O–H groups in total. The second-order valence-electron chi connectivity index (χ2n) is 7.02. The fourth-order valence-corrected chi connectivity index (χ4v) is 3.35. The van der Waals surface area contributed by atoms with E-state index in [1.54, 1.807) is 30.3 Å². The van der Waals surface area contributed by atoms with Crippen molar-refractivity contribution in [1.29, 1.82) is 0 Å². The van der Waals surface area contributed by atoms with E-state index in [0.29, 0.717) is 5.56 Å². The normalized spacial score (nSPS) is 10.9. The predicted octanol–water partition coefficient (Wildman–Crippen LogP) is 7.58. The highest BCUT2D eigenvalue weighted by molar-refractivity contribution is 7.80. The minimum atomic E-state index is -1.14. The Kier molecular flexibility index (Phi) is 6.19. The van der Waals surface area contributed by atoms with Crippen molar-refractivity contribution in [3.63, 3.8) is 0 Å². The van der Waals surface area contributed by atoms with E-state index in [9.17, 15) is 22.0 Å². The zero-order chi connectivity index (χ0) is 22.8. The van der Waals surface area contributed by atoms with Crippen LogP contribution in [0, 0.1) is 29.1 Å². The van der Waals surface area contributed by atoms with Crippen LogP contribution in [-0.4, -0.2) is 0 Å². The summed E-state index contributed by atoms with van der Waals surface area (Å²) in [6, 6.07) is 16.3. The van der Waals surface area contributed by atoms with E-state index in [-0.39, 0.29) is 16.9 Å². The van der Waals surface area contributed by atoms with Crippen molar-refractivity contribution >= 4 is 12.6 Å². The summed E-state index contributed by atoms with van der Waals surface area (Å²) in [4.78, 5) is 0.769. The number of ether oxygens (including phenoxy) is 1. The summed E-state index contributed by atoms with van der Waals surface area (Å²) in [5.41, 5.74) is 1.02. The SMILES string of the molecule is Fc1ccc(OCc2c(F)cc(-c3ccc(-c4ccc(S)cc4)cc3F)cc2F)cc1F. The average Bonchev–Trinajstić information content (AvgIpc) is 2.76. The Morgan fingerprint density at radius 2 is 1.19 bits per heavy atom. The summed E-state index contributed by atoms with van der Waals surface area (Å²) in [5, 5.41) is 0. The monoisotopic (exact) mass is 458 g/mol. The molecule has 32 heavy (non-hydrogen) atoms. The van der Waals surface area contributed by atoms with Gasteiger partial charge >= 0.3 is 0 Å². The van der Waals surface area contributed by atoms with Gasteiger partial charge in [-0.2, -0.15) is 0 Å². The van der Waals surface area contributed by atoms with E-state index < -0.39 is 41.3 Å². The molecule has 0 bridgehead atoms. The van der Waals surface area contributed by atoms with Gasteiger partial charge in [-0.25, -0.2) is 22.0 Å².